The fraction of sp³-hybridized carbons (Fsp3) is 0.500. The van der Waals surface area contributed by atoms with E-state index in [0.29, 0.717) is 23.8 Å². The molecule has 2 aliphatic rings. The summed E-state index contributed by atoms with van der Waals surface area (Å²) in [5.74, 6) is 1.70. The number of methoxy groups -OCH3 is 1. The van der Waals surface area contributed by atoms with Crippen molar-refractivity contribution in [1.82, 2.24) is 0 Å². The lowest BCUT2D eigenvalue weighted by molar-refractivity contribution is -0.286. The fourth-order valence-electron chi connectivity index (χ4n) is 3.96. The van der Waals surface area contributed by atoms with Gasteiger partial charge >= 0.3 is 0 Å². The van der Waals surface area contributed by atoms with Gasteiger partial charge in [-0.2, -0.15) is 0 Å². The predicted octanol–water partition coefficient (Wildman–Crippen LogP) is 1.73. The number of rotatable bonds is 7. The van der Waals surface area contributed by atoms with Gasteiger partial charge in [0.15, 0.2) is 0 Å². The van der Waals surface area contributed by atoms with Crippen LogP contribution in [0, 0.1) is 0 Å². The van der Waals surface area contributed by atoms with Crippen LogP contribution in [0.4, 0.5) is 0 Å². The van der Waals surface area contributed by atoms with Crippen LogP contribution in [0.15, 0.2) is 42.5 Å². The largest absolute Gasteiger partial charge is 0.497 e. The highest BCUT2D eigenvalue weighted by molar-refractivity contribution is 5.44. The van der Waals surface area contributed by atoms with E-state index in [2.05, 4.69) is 24.3 Å². The molecule has 0 radical (unpaired) electrons. The summed E-state index contributed by atoms with van der Waals surface area (Å²) in [6, 6.07) is 13.9. The van der Waals surface area contributed by atoms with E-state index >= 15 is 0 Å². The Bertz CT molecular complexity index is 878. The zero-order valence-corrected chi connectivity index (χ0v) is 17.7. The van der Waals surface area contributed by atoms with Crippen molar-refractivity contribution in [2.24, 2.45) is 0 Å². The Hall–Kier alpha value is -2.16. The molecule has 168 valence electrons. The van der Waals surface area contributed by atoms with Gasteiger partial charge in [-0.25, -0.2) is 0 Å². The molecule has 0 amide bonds. The SMILES string of the molecule is COc1ccc(Cc2ccc(C3CC3)cc2)c(O[C@@H]2OC(C(C)O)[C@@H](O)[C@H](O)[C@H]2O)c1. The molecule has 1 aliphatic carbocycles. The van der Waals surface area contributed by atoms with E-state index in [0.717, 1.165) is 11.1 Å². The number of ether oxygens (including phenoxy) is 3. The van der Waals surface area contributed by atoms with Crippen LogP contribution in [-0.2, 0) is 11.2 Å². The number of hydrogen-bond acceptors (Lipinski definition) is 7. The molecule has 1 saturated carbocycles. The summed E-state index contributed by atoms with van der Waals surface area (Å²) in [4.78, 5) is 0. The monoisotopic (exact) mass is 430 g/mol. The zero-order chi connectivity index (χ0) is 22.1. The Kier molecular flexibility index (Phi) is 6.50. The minimum atomic E-state index is -1.51. The first-order valence-corrected chi connectivity index (χ1v) is 10.7. The van der Waals surface area contributed by atoms with Crippen molar-refractivity contribution in [2.75, 3.05) is 7.11 Å². The first-order chi connectivity index (χ1) is 14.9. The van der Waals surface area contributed by atoms with E-state index in [1.165, 1.54) is 25.3 Å². The normalized spacial score (nSPS) is 29.4. The van der Waals surface area contributed by atoms with Crippen molar-refractivity contribution in [1.29, 1.82) is 0 Å². The van der Waals surface area contributed by atoms with Gasteiger partial charge in [-0.15, -0.1) is 0 Å². The molecule has 0 spiro atoms. The minimum Gasteiger partial charge on any atom is -0.497 e. The summed E-state index contributed by atoms with van der Waals surface area (Å²) in [6.45, 7) is 1.44. The Labute approximate surface area is 181 Å². The average molecular weight is 430 g/mol. The Balaban J connectivity index is 1.56. The first-order valence-electron chi connectivity index (χ1n) is 10.7. The van der Waals surface area contributed by atoms with E-state index in [1.807, 2.05) is 12.1 Å². The average Bonchev–Trinajstić information content (AvgIpc) is 3.61. The standard InChI is InChI=1S/C24H30O7/c1-13(25)23-21(27)20(26)22(28)24(31-23)30-19-12-18(29-2)10-9-17(19)11-14-3-5-15(6-4-14)16-7-8-16/h3-6,9-10,12-13,16,20-28H,7-8,11H2,1-2H3/t13?,20-,21-,22+,23?,24+/m0/s1. The van der Waals surface area contributed by atoms with Crippen molar-refractivity contribution >= 4 is 0 Å². The van der Waals surface area contributed by atoms with Gasteiger partial charge in [-0.3, -0.25) is 0 Å². The summed E-state index contributed by atoms with van der Waals surface area (Å²) < 4.78 is 16.9. The van der Waals surface area contributed by atoms with Gasteiger partial charge in [0.25, 0.3) is 0 Å². The molecule has 1 aliphatic heterocycles. The first kappa shape index (κ1) is 22.0. The van der Waals surface area contributed by atoms with Crippen LogP contribution in [0.2, 0.25) is 0 Å². The molecule has 1 saturated heterocycles. The molecule has 2 fully saturated rings. The van der Waals surface area contributed by atoms with E-state index in [9.17, 15) is 20.4 Å². The van der Waals surface area contributed by atoms with Crippen LogP contribution in [0.25, 0.3) is 0 Å². The maximum absolute atomic E-state index is 10.4. The van der Waals surface area contributed by atoms with Gasteiger partial charge in [-0.1, -0.05) is 30.3 Å². The molecule has 7 nitrogen and oxygen atoms in total. The minimum absolute atomic E-state index is 0.433. The third-order valence-corrected chi connectivity index (χ3v) is 6.02. The van der Waals surface area contributed by atoms with Gasteiger partial charge in [0.1, 0.15) is 35.9 Å². The predicted molar refractivity (Wildman–Crippen MR) is 113 cm³/mol. The molecule has 2 aromatic rings. The van der Waals surface area contributed by atoms with Crippen LogP contribution in [0.5, 0.6) is 11.5 Å². The second-order valence-corrected chi connectivity index (χ2v) is 8.47. The molecule has 4 rings (SSSR count). The molecule has 0 bridgehead atoms. The molecule has 2 unspecified atom stereocenters. The Morgan fingerprint density at radius 1 is 1.00 bits per heavy atom. The highest BCUT2D eigenvalue weighted by atomic mass is 16.7. The molecule has 31 heavy (non-hydrogen) atoms. The summed E-state index contributed by atoms with van der Waals surface area (Å²) >= 11 is 0. The second-order valence-electron chi connectivity index (χ2n) is 8.47. The van der Waals surface area contributed by atoms with Gasteiger partial charge in [0, 0.05) is 12.5 Å². The third-order valence-electron chi connectivity index (χ3n) is 6.02. The summed E-state index contributed by atoms with van der Waals surface area (Å²) in [5.41, 5.74) is 3.33. The van der Waals surface area contributed by atoms with E-state index in [4.69, 9.17) is 14.2 Å². The third kappa shape index (κ3) is 4.86. The van der Waals surface area contributed by atoms with E-state index < -0.39 is 36.8 Å². The Morgan fingerprint density at radius 3 is 2.32 bits per heavy atom. The number of benzene rings is 2. The molecule has 6 atom stereocenters. The molecule has 1 heterocycles. The van der Waals surface area contributed by atoms with Crippen LogP contribution >= 0.6 is 0 Å². The van der Waals surface area contributed by atoms with Crippen LogP contribution < -0.4 is 9.47 Å². The van der Waals surface area contributed by atoms with Crippen LogP contribution in [-0.4, -0.2) is 64.3 Å². The zero-order valence-electron chi connectivity index (χ0n) is 17.7. The van der Waals surface area contributed by atoms with Gasteiger partial charge in [0.05, 0.1) is 13.2 Å². The van der Waals surface area contributed by atoms with Crippen molar-refractivity contribution in [2.45, 2.75) is 68.9 Å². The molecule has 2 aromatic carbocycles. The maximum atomic E-state index is 10.4. The van der Waals surface area contributed by atoms with Crippen molar-refractivity contribution in [3.05, 3.63) is 59.2 Å². The van der Waals surface area contributed by atoms with Crippen LogP contribution in [0.1, 0.15) is 42.4 Å². The van der Waals surface area contributed by atoms with Gasteiger partial charge < -0.3 is 34.6 Å². The maximum Gasteiger partial charge on any atom is 0.229 e. The van der Waals surface area contributed by atoms with Crippen LogP contribution in [0.3, 0.4) is 0 Å². The molecular formula is C24H30O7. The topological polar surface area (TPSA) is 109 Å². The number of hydrogen-bond donors (Lipinski definition) is 4. The quantitative estimate of drug-likeness (QED) is 0.530. The molecule has 0 aromatic heterocycles. The lowest BCUT2D eigenvalue weighted by atomic mass is 9.96. The van der Waals surface area contributed by atoms with Crippen molar-refractivity contribution < 1.29 is 34.6 Å². The molecule has 7 heteroatoms. The van der Waals surface area contributed by atoms with Gasteiger partial charge in [0.2, 0.25) is 6.29 Å². The number of aliphatic hydroxyl groups excluding tert-OH is 4. The van der Waals surface area contributed by atoms with E-state index in [1.54, 1.807) is 13.2 Å². The van der Waals surface area contributed by atoms with Crippen molar-refractivity contribution in [3.8, 4) is 11.5 Å². The highest BCUT2D eigenvalue weighted by Crippen LogP contribution is 2.40. The van der Waals surface area contributed by atoms with Gasteiger partial charge in [-0.05, 0) is 48.4 Å². The second kappa shape index (κ2) is 9.14. The lowest BCUT2D eigenvalue weighted by Crippen LogP contribution is -2.61. The summed E-state index contributed by atoms with van der Waals surface area (Å²) in [7, 11) is 1.55. The summed E-state index contributed by atoms with van der Waals surface area (Å²) in [5, 5.41) is 40.6. The smallest absolute Gasteiger partial charge is 0.229 e. The lowest BCUT2D eigenvalue weighted by Gasteiger charge is -2.41. The van der Waals surface area contributed by atoms with Crippen molar-refractivity contribution in [3.63, 3.8) is 0 Å². The Morgan fingerprint density at radius 2 is 1.71 bits per heavy atom. The molecule has 4 N–H and O–H groups in total. The summed E-state index contributed by atoms with van der Waals surface area (Å²) in [6.07, 6.45) is -4.72. The van der Waals surface area contributed by atoms with E-state index in [-0.39, 0.29) is 0 Å². The fourth-order valence-corrected chi connectivity index (χ4v) is 3.96. The molecular weight excluding hydrogens is 400 g/mol. The highest BCUT2D eigenvalue weighted by Gasteiger charge is 2.46. The number of aliphatic hydroxyl groups is 4.